The van der Waals surface area contributed by atoms with Crippen LogP contribution in [0.3, 0.4) is 0 Å². The van der Waals surface area contributed by atoms with Crippen molar-refractivity contribution in [3.8, 4) is 16.9 Å². The van der Waals surface area contributed by atoms with Crippen molar-refractivity contribution in [1.82, 2.24) is 20.2 Å². The van der Waals surface area contributed by atoms with Crippen LogP contribution in [0.1, 0.15) is 5.56 Å². The molecule has 0 fully saturated rings. The van der Waals surface area contributed by atoms with Gasteiger partial charge in [0.2, 0.25) is 0 Å². The van der Waals surface area contributed by atoms with E-state index in [-0.39, 0.29) is 0 Å². The van der Waals surface area contributed by atoms with Crippen molar-refractivity contribution in [2.45, 2.75) is 0 Å². The summed E-state index contributed by atoms with van der Waals surface area (Å²) in [7, 11) is 0. The second-order valence-electron chi connectivity index (χ2n) is 4.69. The number of hydrogen-bond donors (Lipinski definition) is 2. The van der Waals surface area contributed by atoms with Crippen LogP contribution in [0.4, 0.5) is 4.79 Å². The predicted octanol–water partition coefficient (Wildman–Crippen LogP) is 1.94. The molecule has 0 saturated heterocycles. The van der Waals surface area contributed by atoms with E-state index in [4.69, 9.17) is 5.73 Å². The molecule has 114 valence electrons. The molecule has 0 aliphatic heterocycles. The van der Waals surface area contributed by atoms with Crippen molar-refractivity contribution in [2.75, 3.05) is 0 Å². The molecule has 0 aliphatic carbocycles. The number of nitrogens with one attached hydrogen (secondary N) is 1. The predicted molar refractivity (Wildman–Crippen MR) is 87.1 cm³/mol. The Balaban J connectivity index is 2.03. The number of nitrogens with zero attached hydrogens (tertiary/aromatic N) is 4. The van der Waals surface area contributed by atoms with Gasteiger partial charge in [-0.05, 0) is 24.3 Å². The van der Waals surface area contributed by atoms with E-state index in [1.165, 1.54) is 6.21 Å². The van der Waals surface area contributed by atoms with Gasteiger partial charge >= 0.3 is 6.03 Å². The highest BCUT2D eigenvalue weighted by Gasteiger charge is 2.11. The number of para-hydroxylation sites is 1. The maximum atomic E-state index is 10.7. The molecule has 0 unspecified atom stereocenters. The highest BCUT2D eigenvalue weighted by atomic mass is 16.2. The topological polar surface area (TPSA) is 98.2 Å². The lowest BCUT2D eigenvalue weighted by Crippen LogP contribution is -2.24. The monoisotopic (exact) mass is 306 g/mol. The van der Waals surface area contributed by atoms with Crippen LogP contribution < -0.4 is 11.2 Å². The number of hydrogen-bond acceptors (Lipinski definition) is 4. The van der Waals surface area contributed by atoms with Gasteiger partial charge in [-0.2, -0.15) is 10.2 Å². The number of primary amides is 1. The molecule has 0 spiro atoms. The second kappa shape index (κ2) is 6.52. The molecule has 1 aromatic carbocycles. The van der Waals surface area contributed by atoms with Crippen molar-refractivity contribution in [2.24, 2.45) is 10.8 Å². The first-order valence-electron chi connectivity index (χ1n) is 6.88. The van der Waals surface area contributed by atoms with E-state index in [0.717, 1.165) is 16.8 Å². The number of rotatable bonds is 4. The van der Waals surface area contributed by atoms with Crippen LogP contribution in [0.5, 0.6) is 0 Å². The molecule has 2 heterocycles. The number of benzene rings is 1. The van der Waals surface area contributed by atoms with Gasteiger partial charge in [-0.15, -0.1) is 0 Å². The van der Waals surface area contributed by atoms with E-state index >= 15 is 0 Å². The largest absolute Gasteiger partial charge is 0.350 e. The van der Waals surface area contributed by atoms with E-state index in [9.17, 15) is 4.79 Å². The highest BCUT2D eigenvalue weighted by molar-refractivity contribution is 5.89. The Morgan fingerprint density at radius 1 is 1.22 bits per heavy atom. The molecule has 7 nitrogen and oxygen atoms in total. The SMILES string of the molecule is NC(=O)N/N=C\c1cn(-c2ccccc2)nc1-c1cccnc1. The summed E-state index contributed by atoms with van der Waals surface area (Å²) in [6.07, 6.45) is 6.74. The number of amides is 2. The first kappa shape index (κ1) is 14.5. The van der Waals surface area contributed by atoms with Gasteiger partial charge in [-0.25, -0.2) is 14.9 Å². The third-order valence-corrected chi connectivity index (χ3v) is 3.08. The quantitative estimate of drug-likeness (QED) is 0.569. The second-order valence-corrected chi connectivity index (χ2v) is 4.69. The lowest BCUT2D eigenvalue weighted by molar-refractivity contribution is 0.249. The van der Waals surface area contributed by atoms with Gasteiger partial charge in [0.05, 0.1) is 11.9 Å². The van der Waals surface area contributed by atoms with Gasteiger partial charge in [-0.1, -0.05) is 18.2 Å². The number of pyridine rings is 1. The molecule has 0 atom stereocenters. The van der Waals surface area contributed by atoms with Crippen molar-refractivity contribution in [3.05, 3.63) is 66.6 Å². The molecule has 0 radical (unpaired) electrons. The number of carbonyl (C=O) groups is 1. The van der Waals surface area contributed by atoms with Crippen LogP contribution in [-0.2, 0) is 0 Å². The lowest BCUT2D eigenvalue weighted by atomic mass is 10.1. The molecular formula is C16H14N6O. The fraction of sp³-hybridized carbons (Fsp3) is 0. The van der Waals surface area contributed by atoms with Crippen molar-refractivity contribution in [1.29, 1.82) is 0 Å². The molecule has 3 N–H and O–H groups in total. The Hall–Kier alpha value is -3.48. The normalized spacial score (nSPS) is 10.8. The Kier molecular flexibility index (Phi) is 4.10. The summed E-state index contributed by atoms with van der Waals surface area (Å²) in [5.74, 6) is 0. The fourth-order valence-corrected chi connectivity index (χ4v) is 2.09. The standard InChI is InChI=1S/C16H14N6O/c17-16(23)20-19-10-13-11-22(14-6-2-1-3-7-14)21-15(13)12-5-4-8-18-9-12/h1-11H,(H3,17,20,23)/b19-10-. The van der Waals surface area contributed by atoms with Crippen molar-refractivity contribution < 1.29 is 4.79 Å². The average Bonchev–Trinajstić information content (AvgIpc) is 3.00. The minimum atomic E-state index is -0.723. The first-order valence-corrected chi connectivity index (χ1v) is 6.88. The van der Waals surface area contributed by atoms with Gasteiger partial charge < -0.3 is 5.73 Å². The zero-order chi connectivity index (χ0) is 16.1. The molecule has 3 rings (SSSR count). The molecule has 2 aromatic heterocycles. The number of carbonyl (C=O) groups excluding carboxylic acids is 1. The van der Waals surface area contributed by atoms with Gasteiger partial charge in [0.25, 0.3) is 0 Å². The minimum Gasteiger partial charge on any atom is -0.350 e. The Morgan fingerprint density at radius 3 is 2.74 bits per heavy atom. The highest BCUT2D eigenvalue weighted by Crippen LogP contribution is 2.21. The van der Waals surface area contributed by atoms with Crippen LogP contribution in [0.25, 0.3) is 16.9 Å². The number of nitrogens with two attached hydrogens (primary N) is 1. The third kappa shape index (κ3) is 3.41. The van der Waals surface area contributed by atoms with Crippen LogP contribution in [0.15, 0.2) is 66.2 Å². The summed E-state index contributed by atoms with van der Waals surface area (Å²) in [4.78, 5) is 14.8. The molecular weight excluding hydrogens is 292 g/mol. The van der Waals surface area contributed by atoms with Gasteiger partial charge in [0, 0.05) is 29.7 Å². The number of hydrazone groups is 1. The van der Waals surface area contributed by atoms with E-state index in [1.807, 2.05) is 48.7 Å². The molecule has 3 aromatic rings. The zero-order valence-corrected chi connectivity index (χ0v) is 12.1. The number of aromatic nitrogens is 3. The van der Waals surface area contributed by atoms with Crippen LogP contribution in [0.2, 0.25) is 0 Å². The van der Waals surface area contributed by atoms with E-state index in [0.29, 0.717) is 5.69 Å². The lowest BCUT2D eigenvalue weighted by Gasteiger charge is -1.99. The summed E-state index contributed by atoms with van der Waals surface area (Å²) >= 11 is 0. The van der Waals surface area contributed by atoms with E-state index in [2.05, 4.69) is 20.6 Å². The molecule has 0 bridgehead atoms. The van der Waals surface area contributed by atoms with E-state index in [1.54, 1.807) is 17.1 Å². The van der Waals surface area contributed by atoms with Gasteiger partial charge in [0.1, 0.15) is 5.69 Å². The van der Waals surface area contributed by atoms with E-state index < -0.39 is 6.03 Å². The third-order valence-electron chi connectivity index (χ3n) is 3.08. The Morgan fingerprint density at radius 2 is 2.04 bits per heavy atom. The summed E-state index contributed by atoms with van der Waals surface area (Å²) in [5.41, 5.74) is 10.4. The maximum Gasteiger partial charge on any atom is 0.332 e. The average molecular weight is 306 g/mol. The summed E-state index contributed by atoms with van der Waals surface area (Å²) in [6, 6.07) is 12.7. The zero-order valence-electron chi connectivity index (χ0n) is 12.1. The van der Waals surface area contributed by atoms with Crippen LogP contribution in [-0.4, -0.2) is 27.0 Å². The molecule has 2 amide bonds. The maximum absolute atomic E-state index is 10.7. The number of urea groups is 1. The van der Waals surface area contributed by atoms with Gasteiger partial charge in [0.15, 0.2) is 0 Å². The van der Waals surface area contributed by atoms with Gasteiger partial charge in [-0.3, -0.25) is 4.98 Å². The van der Waals surface area contributed by atoms with Crippen molar-refractivity contribution >= 4 is 12.2 Å². The Labute approximate surface area is 132 Å². The summed E-state index contributed by atoms with van der Waals surface area (Å²) in [6.45, 7) is 0. The van der Waals surface area contributed by atoms with Crippen LogP contribution in [0, 0.1) is 0 Å². The summed E-state index contributed by atoms with van der Waals surface area (Å²) < 4.78 is 1.74. The molecule has 7 heteroatoms. The molecule has 0 aliphatic rings. The molecule has 23 heavy (non-hydrogen) atoms. The first-order chi connectivity index (χ1) is 11.2. The van der Waals surface area contributed by atoms with Crippen molar-refractivity contribution in [3.63, 3.8) is 0 Å². The van der Waals surface area contributed by atoms with Crippen LogP contribution >= 0.6 is 0 Å². The molecule has 0 saturated carbocycles. The Bertz CT molecular complexity index is 826. The summed E-state index contributed by atoms with van der Waals surface area (Å²) in [5, 5.41) is 8.40. The fourth-order valence-electron chi connectivity index (χ4n) is 2.09. The minimum absolute atomic E-state index is 0.706. The smallest absolute Gasteiger partial charge is 0.332 e.